The highest BCUT2D eigenvalue weighted by Gasteiger charge is 2.09. The summed E-state index contributed by atoms with van der Waals surface area (Å²) in [6.45, 7) is 2.02. The van der Waals surface area contributed by atoms with Gasteiger partial charge in [0.25, 0.3) is 5.03 Å². The zero-order valence-electron chi connectivity index (χ0n) is 11.5. The van der Waals surface area contributed by atoms with E-state index in [2.05, 4.69) is 5.32 Å². The normalized spacial score (nSPS) is 10.4. The Balaban J connectivity index is 1.82. The minimum Gasteiger partial charge on any atom is -0.618 e. The Morgan fingerprint density at radius 1 is 1.38 bits per heavy atom. The summed E-state index contributed by atoms with van der Waals surface area (Å²) in [7, 11) is 0. The van der Waals surface area contributed by atoms with Gasteiger partial charge in [-0.2, -0.15) is 4.73 Å². The first-order valence-corrected chi connectivity index (χ1v) is 7.37. The van der Waals surface area contributed by atoms with Crippen LogP contribution < -0.4 is 10.0 Å². The van der Waals surface area contributed by atoms with Crippen LogP contribution in [0.5, 0.6) is 0 Å². The fraction of sp³-hybridized carbons (Fsp3) is 0.200. The number of rotatable bonds is 5. The van der Waals surface area contributed by atoms with Crippen LogP contribution in [0.25, 0.3) is 0 Å². The molecular weight excluding hydrogens is 291 g/mol. The van der Waals surface area contributed by atoms with E-state index in [1.165, 1.54) is 24.0 Å². The maximum absolute atomic E-state index is 13.1. The monoisotopic (exact) mass is 306 g/mol. The van der Waals surface area contributed by atoms with Crippen LogP contribution in [0.15, 0.2) is 47.6 Å². The number of hydrogen-bond donors (Lipinski definition) is 1. The first-order chi connectivity index (χ1) is 10.1. The van der Waals surface area contributed by atoms with Gasteiger partial charge in [-0.25, -0.2) is 4.39 Å². The van der Waals surface area contributed by atoms with Crippen molar-refractivity contribution in [2.75, 3.05) is 5.75 Å². The lowest BCUT2D eigenvalue weighted by molar-refractivity contribution is -0.645. The van der Waals surface area contributed by atoms with Crippen LogP contribution in [-0.4, -0.2) is 11.7 Å². The second kappa shape index (κ2) is 7.08. The summed E-state index contributed by atoms with van der Waals surface area (Å²) in [5.41, 5.74) is 1.39. The van der Waals surface area contributed by atoms with Crippen molar-refractivity contribution in [1.29, 1.82) is 0 Å². The van der Waals surface area contributed by atoms with E-state index < -0.39 is 0 Å². The molecule has 1 N–H and O–H groups in total. The largest absolute Gasteiger partial charge is 0.618 e. The van der Waals surface area contributed by atoms with Crippen molar-refractivity contribution in [3.8, 4) is 0 Å². The van der Waals surface area contributed by atoms with Crippen molar-refractivity contribution in [1.82, 2.24) is 5.32 Å². The number of hydrogen-bond acceptors (Lipinski definition) is 3. The smallest absolute Gasteiger partial charge is 0.251 e. The quantitative estimate of drug-likeness (QED) is 0.523. The topological polar surface area (TPSA) is 56.0 Å². The minimum absolute atomic E-state index is 0.159. The number of nitrogens with zero attached hydrogens (tertiary/aromatic N) is 1. The lowest BCUT2D eigenvalue weighted by atomic mass is 10.1. The summed E-state index contributed by atoms with van der Waals surface area (Å²) in [6, 6.07) is 9.76. The second-order valence-corrected chi connectivity index (χ2v) is 5.51. The molecule has 0 bridgehead atoms. The Morgan fingerprint density at radius 3 is 2.90 bits per heavy atom. The van der Waals surface area contributed by atoms with Crippen molar-refractivity contribution in [3.63, 3.8) is 0 Å². The highest BCUT2D eigenvalue weighted by molar-refractivity contribution is 7.99. The zero-order chi connectivity index (χ0) is 15.2. The molecule has 1 aromatic carbocycles. The highest BCUT2D eigenvalue weighted by Crippen LogP contribution is 2.12. The first-order valence-electron chi connectivity index (χ1n) is 6.39. The number of pyridine rings is 1. The van der Waals surface area contributed by atoms with E-state index in [0.29, 0.717) is 17.1 Å². The number of thioether (sulfide) groups is 1. The predicted octanol–water partition coefficient (Wildman–Crippen LogP) is 2.18. The molecule has 0 unspecified atom stereocenters. The minimum atomic E-state index is -0.260. The molecule has 4 nitrogen and oxygen atoms in total. The van der Waals surface area contributed by atoms with Crippen molar-refractivity contribution in [3.05, 3.63) is 64.7 Å². The summed E-state index contributed by atoms with van der Waals surface area (Å²) >= 11 is 1.17. The van der Waals surface area contributed by atoms with E-state index in [1.807, 2.05) is 0 Å². The molecule has 0 aliphatic heterocycles. The standard InChI is InChI=1S/C15H15FN2O2S/c1-11-8-12(5-6-13(11)16)9-17-14(19)10-21-15-4-2-3-7-18(15)20/h2-8H,9-10H2,1H3,(H,17,19). The van der Waals surface area contributed by atoms with Gasteiger partial charge in [0, 0.05) is 18.7 Å². The molecule has 0 aliphatic rings. The Morgan fingerprint density at radius 2 is 2.19 bits per heavy atom. The number of aromatic nitrogens is 1. The van der Waals surface area contributed by atoms with Gasteiger partial charge in [-0.3, -0.25) is 4.79 Å². The molecule has 1 heterocycles. The molecule has 0 radical (unpaired) electrons. The van der Waals surface area contributed by atoms with Gasteiger partial charge < -0.3 is 10.5 Å². The third-order valence-corrected chi connectivity index (χ3v) is 3.87. The molecule has 2 rings (SSSR count). The van der Waals surface area contributed by atoms with Gasteiger partial charge in [0.05, 0.1) is 5.75 Å². The average molecular weight is 306 g/mol. The summed E-state index contributed by atoms with van der Waals surface area (Å²) in [5.74, 6) is -0.276. The maximum Gasteiger partial charge on any atom is 0.251 e. The molecule has 110 valence electrons. The van der Waals surface area contributed by atoms with E-state index in [-0.39, 0.29) is 17.5 Å². The SMILES string of the molecule is Cc1cc(CNC(=O)CSc2cccc[n+]2[O-])ccc1F. The molecule has 0 fully saturated rings. The third kappa shape index (κ3) is 4.46. The Labute approximate surface area is 126 Å². The van der Waals surface area contributed by atoms with Crippen LogP contribution in [0, 0.1) is 17.9 Å². The number of aryl methyl sites for hydroxylation is 1. The van der Waals surface area contributed by atoms with Crippen molar-refractivity contribution in [2.24, 2.45) is 0 Å². The van der Waals surface area contributed by atoms with E-state index in [4.69, 9.17) is 0 Å². The van der Waals surface area contributed by atoms with Crippen molar-refractivity contribution < 1.29 is 13.9 Å². The van der Waals surface area contributed by atoms with Gasteiger partial charge in [-0.05, 0) is 41.9 Å². The zero-order valence-corrected chi connectivity index (χ0v) is 12.3. The lowest BCUT2D eigenvalue weighted by Gasteiger charge is -2.06. The average Bonchev–Trinajstić information content (AvgIpc) is 2.47. The number of benzene rings is 1. The van der Waals surface area contributed by atoms with Crippen LogP contribution >= 0.6 is 11.8 Å². The number of carbonyl (C=O) groups excluding carboxylic acids is 1. The Bertz CT molecular complexity index is 649. The van der Waals surface area contributed by atoms with Crippen LogP contribution in [0.2, 0.25) is 0 Å². The maximum atomic E-state index is 13.1. The van der Waals surface area contributed by atoms with Gasteiger partial charge >= 0.3 is 0 Å². The van der Waals surface area contributed by atoms with Gasteiger partial charge in [-0.15, -0.1) is 0 Å². The van der Waals surface area contributed by atoms with Gasteiger partial charge in [0.2, 0.25) is 5.91 Å². The number of halogens is 1. The number of amides is 1. The summed E-state index contributed by atoms with van der Waals surface area (Å²) in [6.07, 6.45) is 1.39. The molecule has 0 spiro atoms. The Kier molecular flexibility index (Phi) is 5.16. The second-order valence-electron chi connectivity index (χ2n) is 4.51. The third-order valence-electron chi connectivity index (χ3n) is 2.85. The van der Waals surface area contributed by atoms with Crippen LogP contribution in [0.1, 0.15) is 11.1 Å². The first kappa shape index (κ1) is 15.3. The van der Waals surface area contributed by atoms with E-state index >= 15 is 0 Å². The molecule has 0 aliphatic carbocycles. The number of nitrogens with one attached hydrogen (secondary N) is 1. The molecule has 2 aromatic rings. The van der Waals surface area contributed by atoms with E-state index in [1.54, 1.807) is 37.3 Å². The molecule has 1 amide bonds. The molecule has 0 saturated heterocycles. The van der Waals surface area contributed by atoms with Crippen LogP contribution in [0.4, 0.5) is 4.39 Å². The molecule has 0 saturated carbocycles. The molecule has 0 atom stereocenters. The Hall–Kier alpha value is -2.08. The van der Waals surface area contributed by atoms with Crippen molar-refractivity contribution >= 4 is 17.7 Å². The molecule has 21 heavy (non-hydrogen) atoms. The summed E-state index contributed by atoms with van der Waals surface area (Å²) < 4.78 is 13.8. The van der Waals surface area contributed by atoms with Gasteiger partial charge in [-0.1, -0.05) is 12.1 Å². The van der Waals surface area contributed by atoms with E-state index in [0.717, 1.165) is 10.3 Å². The summed E-state index contributed by atoms with van der Waals surface area (Å²) in [4.78, 5) is 11.7. The number of carbonyl (C=O) groups is 1. The van der Waals surface area contributed by atoms with Gasteiger partial charge in [0.15, 0.2) is 6.20 Å². The molecule has 1 aromatic heterocycles. The lowest BCUT2D eigenvalue weighted by Crippen LogP contribution is -2.29. The van der Waals surface area contributed by atoms with Gasteiger partial charge in [0.1, 0.15) is 5.82 Å². The van der Waals surface area contributed by atoms with Crippen molar-refractivity contribution in [2.45, 2.75) is 18.5 Å². The fourth-order valence-corrected chi connectivity index (χ4v) is 2.48. The molecular formula is C15H15FN2O2S. The van der Waals surface area contributed by atoms with E-state index in [9.17, 15) is 14.4 Å². The molecule has 6 heteroatoms. The fourth-order valence-electron chi connectivity index (χ4n) is 1.73. The van der Waals surface area contributed by atoms with Crippen LogP contribution in [-0.2, 0) is 11.3 Å². The predicted molar refractivity (Wildman–Crippen MR) is 79.1 cm³/mol. The van der Waals surface area contributed by atoms with Crippen LogP contribution in [0.3, 0.4) is 0 Å². The summed E-state index contributed by atoms with van der Waals surface area (Å²) in [5, 5.41) is 14.6. The highest BCUT2D eigenvalue weighted by atomic mass is 32.2.